The lowest BCUT2D eigenvalue weighted by molar-refractivity contribution is -0.127. The van der Waals surface area contributed by atoms with Gasteiger partial charge in [-0.2, -0.15) is 18.2 Å². The zero-order valence-corrected chi connectivity index (χ0v) is 13.8. The first kappa shape index (κ1) is 18.5. The molecule has 0 aliphatic rings. The summed E-state index contributed by atoms with van der Waals surface area (Å²) in [4.78, 5) is 21.7. The SMILES string of the molecule is CN(C)c1ccnc(NC(=O)NCc2ccccc2CC(F)(F)F)n1. The third kappa shape index (κ3) is 5.94. The summed E-state index contributed by atoms with van der Waals surface area (Å²) < 4.78 is 37.8. The van der Waals surface area contributed by atoms with Crippen LogP contribution in [0, 0.1) is 0 Å². The van der Waals surface area contributed by atoms with Crippen molar-refractivity contribution in [1.82, 2.24) is 15.3 Å². The molecule has 9 heteroatoms. The maximum atomic E-state index is 12.6. The van der Waals surface area contributed by atoms with Crippen LogP contribution in [0.25, 0.3) is 0 Å². The van der Waals surface area contributed by atoms with Crippen molar-refractivity contribution < 1.29 is 18.0 Å². The number of aromatic nitrogens is 2. The van der Waals surface area contributed by atoms with Crippen LogP contribution in [0.1, 0.15) is 11.1 Å². The molecule has 0 unspecified atom stereocenters. The molecule has 2 amide bonds. The third-order valence-corrected chi connectivity index (χ3v) is 3.27. The van der Waals surface area contributed by atoms with Crippen molar-refractivity contribution in [2.24, 2.45) is 0 Å². The highest BCUT2D eigenvalue weighted by molar-refractivity contribution is 5.87. The fourth-order valence-electron chi connectivity index (χ4n) is 2.10. The number of alkyl halides is 3. The van der Waals surface area contributed by atoms with Crippen molar-refractivity contribution >= 4 is 17.8 Å². The average Bonchev–Trinajstić information content (AvgIpc) is 2.53. The van der Waals surface area contributed by atoms with Crippen LogP contribution in [0.2, 0.25) is 0 Å². The lowest BCUT2D eigenvalue weighted by Crippen LogP contribution is -2.30. The molecule has 134 valence electrons. The molecule has 0 fully saturated rings. The van der Waals surface area contributed by atoms with Crippen LogP contribution >= 0.6 is 0 Å². The van der Waals surface area contributed by atoms with Gasteiger partial charge in [0.05, 0.1) is 6.42 Å². The fraction of sp³-hybridized carbons (Fsp3) is 0.312. The lowest BCUT2D eigenvalue weighted by Gasteiger charge is -2.14. The van der Waals surface area contributed by atoms with Gasteiger partial charge < -0.3 is 10.2 Å². The smallest absolute Gasteiger partial charge is 0.363 e. The molecule has 2 N–H and O–H groups in total. The van der Waals surface area contributed by atoms with Gasteiger partial charge >= 0.3 is 12.2 Å². The van der Waals surface area contributed by atoms with Gasteiger partial charge in [0.15, 0.2) is 0 Å². The second kappa shape index (κ2) is 7.82. The average molecular weight is 353 g/mol. The number of hydrogen-bond donors (Lipinski definition) is 2. The highest BCUT2D eigenvalue weighted by Crippen LogP contribution is 2.23. The van der Waals surface area contributed by atoms with E-state index in [1.165, 1.54) is 18.3 Å². The fourth-order valence-corrected chi connectivity index (χ4v) is 2.10. The Kier molecular flexibility index (Phi) is 5.79. The van der Waals surface area contributed by atoms with Gasteiger partial charge in [-0.15, -0.1) is 0 Å². The first-order valence-electron chi connectivity index (χ1n) is 7.43. The molecule has 6 nitrogen and oxygen atoms in total. The van der Waals surface area contributed by atoms with Crippen LogP contribution in [0.15, 0.2) is 36.5 Å². The van der Waals surface area contributed by atoms with Crippen molar-refractivity contribution in [3.8, 4) is 0 Å². The third-order valence-electron chi connectivity index (χ3n) is 3.27. The second-order valence-corrected chi connectivity index (χ2v) is 5.50. The minimum absolute atomic E-state index is 0.0363. The van der Waals surface area contributed by atoms with Gasteiger partial charge in [-0.3, -0.25) is 5.32 Å². The van der Waals surface area contributed by atoms with Crippen LogP contribution in [0.3, 0.4) is 0 Å². The Morgan fingerprint density at radius 1 is 1.16 bits per heavy atom. The topological polar surface area (TPSA) is 70.2 Å². The predicted molar refractivity (Wildman–Crippen MR) is 88.4 cm³/mol. The molecular formula is C16H18F3N5O. The van der Waals surface area contributed by atoms with E-state index in [1.54, 1.807) is 37.2 Å². The van der Waals surface area contributed by atoms with E-state index in [0.29, 0.717) is 11.4 Å². The van der Waals surface area contributed by atoms with Crippen LogP contribution < -0.4 is 15.5 Å². The molecule has 0 saturated carbocycles. The Morgan fingerprint density at radius 2 is 1.84 bits per heavy atom. The maximum absolute atomic E-state index is 12.6. The number of nitrogens with one attached hydrogen (secondary N) is 2. The van der Waals surface area contributed by atoms with Gasteiger partial charge in [0.2, 0.25) is 5.95 Å². The number of nitrogens with zero attached hydrogens (tertiary/aromatic N) is 3. The largest absolute Gasteiger partial charge is 0.393 e. The number of amides is 2. The summed E-state index contributed by atoms with van der Waals surface area (Å²) in [5.74, 6) is 0.716. The normalized spacial score (nSPS) is 11.1. The Bertz CT molecular complexity index is 734. The lowest BCUT2D eigenvalue weighted by atomic mass is 10.0. The molecule has 0 aliphatic heterocycles. The zero-order chi connectivity index (χ0) is 18.4. The molecule has 0 aliphatic carbocycles. The molecule has 1 aromatic carbocycles. The summed E-state index contributed by atoms with van der Waals surface area (Å²) in [6, 6.07) is 7.18. The number of urea groups is 1. The van der Waals surface area contributed by atoms with Gasteiger partial charge in [0.25, 0.3) is 0 Å². The highest BCUT2D eigenvalue weighted by atomic mass is 19.4. The quantitative estimate of drug-likeness (QED) is 0.867. The van der Waals surface area contributed by atoms with E-state index < -0.39 is 18.6 Å². The Labute approximate surface area is 143 Å². The monoisotopic (exact) mass is 353 g/mol. The molecule has 1 aromatic heterocycles. The molecule has 25 heavy (non-hydrogen) atoms. The van der Waals surface area contributed by atoms with E-state index in [1.807, 2.05) is 0 Å². The van der Waals surface area contributed by atoms with E-state index in [-0.39, 0.29) is 18.1 Å². The number of benzene rings is 1. The van der Waals surface area contributed by atoms with Gasteiger partial charge in [0, 0.05) is 26.8 Å². The van der Waals surface area contributed by atoms with Crippen LogP contribution in [-0.2, 0) is 13.0 Å². The van der Waals surface area contributed by atoms with Crippen LogP contribution in [0.5, 0.6) is 0 Å². The number of carbonyl (C=O) groups excluding carboxylic acids is 1. The molecular weight excluding hydrogens is 335 g/mol. The van der Waals surface area contributed by atoms with Crippen LogP contribution in [-0.4, -0.2) is 36.3 Å². The van der Waals surface area contributed by atoms with Crippen LogP contribution in [0.4, 0.5) is 29.7 Å². The first-order valence-corrected chi connectivity index (χ1v) is 7.43. The predicted octanol–water partition coefficient (Wildman–Crippen LogP) is 2.97. The van der Waals surface area contributed by atoms with Crippen molar-refractivity contribution in [1.29, 1.82) is 0 Å². The number of carbonyl (C=O) groups is 1. The molecule has 0 atom stereocenters. The summed E-state index contributed by atoms with van der Waals surface area (Å²) in [5.41, 5.74) is 0.527. The Morgan fingerprint density at radius 3 is 2.48 bits per heavy atom. The summed E-state index contributed by atoms with van der Waals surface area (Å²) in [5, 5.41) is 4.97. The summed E-state index contributed by atoms with van der Waals surface area (Å²) in [6.45, 7) is -0.0363. The summed E-state index contributed by atoms with van der Waals surface area (Å²) in [6.07, 6.45) is -3.85. The molecule has 2 aromatic rings. The van der Waals surface area contributed by atoms with Crippen molar-refractivity contribution in [3.05, 3.63) is 47.7 Å². The minimum atomic E-state index is -4.31. The van der Waals surface area contributed by atoms with E-state index >= 15 is 0 Å². The molecule has 0 spiro atoms. The van der Waals surface area contributed by atoms with Gasteiger partial charge in [-0.25, -0.2) is 9.78 Å². The Hall–Kier alpha value is -2.84. The Balaban J connectivity index is 1.98. The first-order chi connectivity index (χ1) is 11.7. The van der Waals surface area contributed by atoms with Crippen molar-refractivity contribution in [3.63, 3.8) is 0 Å². The van der Waals surface area contributed by atoms with Gasteiger partial charge in [0.1, 0.15) is 5.82 Å². The summed E-state index contributed by atoms with van der Waals surface area (Å²) in [7, 11) is 3.59. The number of hydrogen-bond acceptors (Lipinski definition) is 4. The highest BCUT2D eigenvalue weighted by Gasteiger charge is 2.28. The van der Waals surface area contributed by atoms with E-state index in [0.717, 1.165) is 0 Å². The molecule has 0 saturated heterocycles. The molecule has 0 bridgehead atoms. The molecule has 1 heterocycles. The zero-order valence-electron chi connectivity index (χ0n) is 13.8. The standard InChI is InChI=1S/C16H18F3N5O/c1-24(2)13-7-8-20-14(22-13)23-15(25)21-10-12-6-4-3-5-11(12)9-16(17,18)19/h3-8H,9-10H2,1-2H3,(H2,20,21,22,23,25). The van der Waals surface area contributed by atoms with Gasteiger partial charge in [-0.1, -0.05) is 24.3 Å². The van der Waals surface area contributed by atoms with E-state index in [2.05, 4.69) is 20.6 Å². The molecule has 0 radical (unpaired) electrons. The van der Waals surface area contributed by atoms with E-state index in [9.17, 15) is 18.0 Å². The molecule has 2 rings (SSSR count). The number of anilines is 2. The van der Waals surface area contributed by atoms with Crippen molar-refractivity contribution in [2.45, 2.75) is 19.1 Å². The van der Waals surface area contributed by atoms with E-state index in [4.69, 9.17) is 0 Å². The number of rotatable bonds is 5. The second-order valence-electron chi connectivity index (χ2n) is 5.50. The van der Waals surface area contributed by atoms with Crippen molar-refractivity contribution in [2.75, 3.05) is 24.3 Å². The number of halogens is 3. The maximum Gasteiger partial charge on any atom is 0.393 e. The minimum Gasteiger partial charge on any atom is -0.363 e. The van der Waals surface area contributed by atoms with Gasteiger partial charge in [-0.05, 0) is 17.2 Å². The summed E-state index contributed by atoms with van der Waals surface area (Å²) >= 11 is 0.